The highest BCUT2D eigenvalue weighted by Gasteiger charge is 2.37. The maximum absolute atomic E-state index is 15.3. The van der Waals surface area contributed by atoms with Gasteiger partial charge in [-0.3, -0.25) is 4.68 Å². The molecule has 0 bridgehead atoms. The zero-order valence-corrected chi connectivity index (χ0v) is 12.9. The number of aromatic nitrogens is 2. The Morgan fingerprint density at radius 3 is 2.85 bits per heavy atom. The molecule has 1 N–H and O–H groups in total. The third kappa shape index (κ3) is 3.14. The molecule has 0 aromatic carbocycles. The van der Waals surface area contributed by atoms with Gasteiger partial charge >= 0.3 is 0 Å². The van der Waals surface area contributed by atoms with Gasteiger partial charge < -0.3 is 10.1 Å². The molecule has 0 spiro atoms. The van der Waals surface area contributed by atoms with E-state index >= 15 is 4.39 Å². The summed E-state index contributed by atoms with van der Waals surface area (Å²) in [7, 11) is 1.57. The number of ether oxygens (including phenoxy) is 1. The van der Waals surface area contributed by atoms with Crippen LogP contribution in [0.3, 0.4) is 0 Å². The van der Waals surface area contributed by atoms with Gasteiger partial charge in [-0.25, -0.2) is 4.39 Å². The number of hydrogen-bond acceptors (Lipinski definition) is 3. The Kier molecular flexibility index (Phi) is 4.68. The van der Waals surface area contributed by atoms with Crippen LogP contribution in [0.25, 0.3) is 0 Å². The first-order valence-electron chi connectivity index (χ1n) is 7.50. The monoisotopic (exact) mass is 283 g/mol. The van der Waals surface area contributed by atoms with Gasteiger partial charge in [0.15, 0.2) is 11.4 Å². The maximum atomic E-state index is 15.3. The quantitative estimate of drug-likeness (QED) is 0.902. The first-order valence-corrected chi connectivity index (χ1v) is 7.50. The molecule has 2 atom stereocenters. The number of piperidine rings is 1. The molecular weight excluding hydrogens is 257 g/mol. The van der Waals surface area contributed by atoms with Crippen molar-refractivity contribution in [1.29, 1.82) is 0 Å². The fraction of sp³-hybridized carbons (Fsp3) is 0.800. The smallest absolute Gasteiger partial charge is 0.163 e. The van der Waals surface area contributed by atoms with Gasteiger partial charge in [0, 0.05) is 18.5 Å². The molecular formula is C15H26FN3O. The van der Waals surface area contributed by atoms with Crippen LogP contribution in [0.4, 0.5) is 4.39 Å². The number of alkyl halides is 1. The summed E-state index contributed by atoms with van der Waals surface area (Å²) in [5.41, 5.74) is -0.886. The number of rotatable bonds is 5. The number of nitrogens with zero attached hydrogens (tertiary/aromatic N) is 2. The normalized spacial score (nSPS) is 22.8. The summed E-state index contributed by atoms with van der Waals surface area (Å²) in [6, 6.07) is 0.349. The zero-order valence-electron chi connectivity index (χ0n) is 12.9. The molecule has 20 heavy (non-hydrogen) atoms. The van der Waals surface area contributed by atoms with Gasteiger partial charge in [0.25, 0.3) is 0 Å². The second kappa shape index (κ2) is 6.12. The van der Waals surface area contributed by atoms with E-state index in [0.717, 1.165) is 13.0 Å². The van der Waals surface area contributed by atoms with Crippen molar-refractivity contribution in [1.82, 2.24) is 15.1 Å². The minimum Gasteiger partial charge on any atom is -0.493 e. The van der Waals surface area contributed by atoms with Crippen LogP contribution < -0.4 is 10.1 Å². The zero-order chi connectivity index (χ0) is 14.8. The summed E-state index contributed by atoms with van der Waals surface area (Å²) in [5, 5.41) is 7.69. The van der Waals surface area contributed by atoms with Crippen LogP contribution in [0.1, 0.15) is 58.2 Å². The van der Waals surface area contributed by atoms with Crippen molar-refractivity contribution in [2.75, 3.05) is 13.7 Å². The maximum Gasteiger partial charge on any atom is 0.163 e. The third-order valence-corrected chi connectivity index (χ3v) is 4.01. The number of hydrogen-bond donors (Lipinski definition) is 1. The van der Waals surface area contributed by atoms with E-state index in [1.165, 1.54) is 12.8 Å². The second-order valence-electron chi connectivity index (χ2n) is 6.15. The van der Waals surface area contributed by atoms with E-state index < -0.39 is 5.67 Å². The highest BCUT2D eigenvalue weighted by molar-refractivity contribution is 5.31. The molecule has 0 amide bonds. The van der Waals surface area contributed by atoms with Crippen molar-refractivity contribution in [2.24, 2.45) is 0 Å². The molecule has 4 nitrogen and oxygen atoms in total. The van der Waals surface area contributed by atoms with E-state index in [-0.39, 0.29) is 12.1 Å². The van der Waals surface area contributed by atoms with E-state index in [1.807, 2.05) is 13.8 Å². The van der Waals surface area contributed by atoms with Gasteiger partial charge in [0.2, 0.25) is 0 Å². The lowest BCUT2D eigenvalue weighted by atomic mass is 9.90. The average Bonchev–Trinajstić information content (AvgIpc) is 2.84. The SMILES string of the molecule is COc1cnn(C(C)C)c1C(C)(F)CC1CCCCN1. The molecule has 1 aliphatic rings. The fourth-order valence-electron chi connectivity index (χ4n) is 3.04. The molecule has 1 aromatic rings. The van der Waals surface area contributed by atoms with Crippen LogP contribution in [0.5, 0.6) is 5.75 Å². The predicted molar refractivity (Wildman–Crippen MR) is 77.9 cm³/mol. The third-order valence-electron chi connectivity index (χ3n) is 4.01. The van der Waals surface area contributed by atoms with Crippen molar-refractivity contribution < 1.29 is 9.13 Å². The highest BCUT2D eigenvalue weighted by atomic mass is 19.1. The van der Waals surface area contributed by atoms with Crippen molar-refractivity contribution in [3.05, 3.63) is 11.9 Å². The Bertz CT molecular complexity index is 436. The molecule has 0 radical (unpaired) electrons. The van der Waals surface area contributed by atoms with Crippen molar-refractivity contribution in [2.45, 2.75) is 64.2 Å². The summed E-state index contributed by atoms with van der Waals surface area (Å²) in [6.45, 7) is 6.64. The number of methoxy groups -OCH3 is 1. The standard InChI is InChI=1S/C15H26FN3O/c1-11(2)19-14(13(20-4)10-18-19)15(3,16)9-12-7-5-6-8-17-12/h10-12,17H,5-9H2,1-4H3. The van der Waals surface area contributed by atoms with Gasteiger partial charge in [-0.2, -0.15) is 5.10 Å². The Hall–Kier alpha value is -1.10. The van der Waals surface area contributed by atoms with Crippen molar-refractivity contribution in [3.8, 4) is 5.75 Å². The Morgan fingerprint density at radius 1 is 1.55 bits per heavy atom. The molecule has 1 fully saturated rings. The van der Waals surface area contributed by atoms with Crippen LogP contribution in [0.2, 0.25) is 0 Å². The summed E-state index contributed by atoms with van der Waals surface area (Å²) in [5.74, 6) is 0.541. The fourth-order valence-corrected chi connectivity index (χ4v) is 3.04. The van der Waals surface area contributed by atoms with Crippen LogP contribution in [0, 0.1) is 0 Å². The van der Waals surface area contributed by atoms with Crippen LogP contribution in [-0.4, -0.2) is 29.5 Å². The Labute approximate surface area is 120 Å². The number of halogens is 1. The van der Waals surface area contributed by atoms with E-state index in [2.05, 4.69) is 10.4 Å². The largest absolute Gasteiger partial charge is 0.493 e. The lowest BCUT2D eigenvalue weighted by molar-refractivity contribution is 0.127. The van der Waals surface area contributed by atoms with Crippen molar-refractivity contribution in [3.63, 3.8) is 0 Å². The molecule has 2 unspecified atom stereocenters. The molecule has 1 aliphatic heterocycles. The van der Waals surface area contributed by atoms with E-state index in [9.17, 15) is 0 Å². The van der Waals surface area contributed by atoms with E-state index in [4.69, 9.17) is 4.74 Å². The predicted octanol–water partition coefficient (Wildman–Crippen LogP) is 3.19. The number of nitrogens with one attached hydrogen (secondary N) is 1. The van der Waals surface area contributed by atoms with Crippen LogP contribution >= 0.6 is 0 Å². The summed E-state index contributed by atoms with van der Waals surface area (Å²) < 4.78 is 22.4. The Morgan fingerprint density at radius 2 is 2.30 bits per heavy atom. The lowest BCUT2D eigenvalue weighted by Crippen LogP contribution is -2.39. The molecule has 1 saturated heterocycles. The first kappa shape index (κ1) is 15.3. The van der Waals surface area contributed by atoms with Crippen LogP contribution in [0.15, 0.2) is 6.20 Å². The van der Waals surface area contributed by atoms with Gasteiger partial charge in [-0.05, 0) is 40.2 Å². The lowest BCUT2D eigenvalue weighted by Gasteiger charge is -2.31. The topological polar surface area (TPSA) is 39.1 Å². The second-order valence-corrected chi connectivity index (χ2v) is 6.15. The van der Waals surface area contributed by atoms with Gasteiger partial charge in [0.1, 0.15) is 5.69 Å². The molecule has 5 heteroatoms. The first-order chi connectivity index (χ1) is 9.45. The van der Waals surface area contributed by atoms with E-state index in [0.29, 0.717) is 17.9 Å². The minimum absolute atomic E-state index is 0.114. The molecule has 1 aromatic heterocycles. The van der Waals surface area contributed by atoms with Gasteiger partial charge in [-0.1, -0.05) is 6.42 Å². The summed E-state index contributed by atoms with van der Waals surface area (Å²) >= 11 is 0. The van der Waals surface area contributed by atoms with Crippen LogP contribution in [-0.2, 0) is 5.67 Å². The molecule has 114 valence electrons. The molecule has 0 aliphatic carbocycles. The van der Waals surface area contributed by atoms with E-state index in [1.54, 1.807) is 24.9 Å². The summed E-state index contributed by atoms with van der Waals surface area (Å²) in [4.78, 5) is 0. The van der Waals surface area contributed by atoms with Gasteiger partial charge in [0.05, 0.1) is 13.3 Å². The highest BCUT2D eigenvalue weighted by Crippen LogP contribution is 2.39. The Balaban J connectivity index is 2.24. The summed E-state index contributed by atoms with van der Waals surface area (Å²) in [6.07, 6.45) is 5.47. The van der Waals surface area contributed by atoms with Gasteiger partial charge in [-0.15, -0.1) is 0 Å². The average molecular weight is 283 g/mol. The molecule has 2 heterocycles. The molecule has 2 rings (SSSR count). The minimum atomic E-state index is -1.44. The van der Waals surface area contributed by atoms with Crippen molar-refractivity contribution >= 4 is 0 Å². The molecule has 0 saturated carbocycles.